The van der Waals surface area contributed by atoms with Crippen LogP contribution in [0.15, 0.2) is 30.3 Å². The molecule has 92 valence electrons. The van der Waals surface area contributed by atoms with Crippen LogP contribution in [0.4, 0.5) is 0 Å². The molecule has 0 spiro atoms. The van der Waals surface area contributed by atoms with Gasteiger partial charge in [0.05, 0.1) is 0 Å². The van der Waals surface area contributed by atoms with Gasteiger partial charge in [-0.1, -0.05) is 30.3 Å². The molecule has 2 rings (SSSR count). The second-order valence-corrected chi connectivity index (χ2v) is 4.11. The number of carbonyl (C=O) groups is 1. The summed E-state index contributed by atoms with van der Waals surface area (Å²) in [6.45, 7) is 0.368. The molecule has 0 aliphatic carbocycles. The lowest BCUT2D eigenvalue weighted by Gasteiger charge is -2.25. The zero-order valence-electron chi connectivity index (χ0n) is 9.37. The van der Waals surface area contributed by atoms with E-state index in [9.17, 15) is 15.1 Å². The number of carbonyl (C=O) groups excluding carboxylic acids is 1. The van der Waals surface area contributed by atoms with Crippen molar-refractivity contribution in [1.82, 2.24) is 5.06 Å². The summed E-state index contributed by atoms with van der Waals surface area (Å²) >= 11 is 0. The third kappa shape index (κ3) is 2.46. The van der Waals surface area contributed by atoms with E-state index in [1.165, 1.54) is 0 Å². The molecule has 5 nitrogen and oxygen atoms in total. The molecule has 1 aromatic carbocycles. The van der Waals surface area contributed by atoms with Crippen LogP contribution in [0.5, 0.6) is 0 Å². The van der Waals surface area contributed by atoms with E-state index in [0.717, 1.165) is 5.56 Å². The molecule has 1 saturated heterocycles. The summed E-state index contributed by atoms with van der Waals surface area (Å²) in [6, 6.07) is 9.19. The molecule has 0 bridgehead atoms. The predicted molar refractivity (Wildman–Crippen MR) is 58.9 cm³/mol. The van der Waals surface area contributed by atoms with Gasteiger partial charge < -0.3 is 15.1 Å². The van der Waals surface area contributed by atoms with Crippen molar-refractivity contribution in [3.8, 4) is 0 Å². The largest absolute Gasteiger partial charge is 0.458 e. The molecule has 0 radical (unpaired) electrons. The molecule has 0 amide bonds. The number of benzene rings is 1. The minimum Gasteiger partial charge on any atom is -0.458 e. The minimum absolute atomic E-state index is 0.0931. The molecule has 1 atom stereocenters. The third-order valence-corrected chi connectivity index (χ3v) is 2.86. The molecule has 0 aromatic heterocycles. The Morgan fingerprint density at radius 2 is 2.12 bits per heavy atom. The first-order valence-electron chi connectivity index (χ1n) is 5.53. The summed E-state index contributed by atoms with van der Waals surface area (Å²) < 4.78 is 4.99. The third-order valence-electron chi connectivity index (χ3n) is 2.86. The molecule has 1 aromatic rings. The first kappa shape index (κ1) is 12.0. The number of hydroxylamine groups is 2. The van der Waals surface area contributed by atoms with Gasteiger partial charge in [0, 0.05) is 13.0 Å². The van der Waals surface area contributed by atoms with E-state index >= 15 is 0 Å². The predicted octanol–water partition coefficient (Wildman–Crippen LogP) is 0.903. The number of esters is 1. The van der Waals surface area contributed by atoms with Crippen molar-refractivity contribution in [3.05, 3.63) is 35.9 Å². The normalized spacial score (nSPS) is 24.8. The maximum Gasteiger partial charge on any atom is 0.356 e. The van der Waals surface area contributed by atoms with Crippen LogP contribution in [0.2, 0.25) is 0 Å². The van der Waals surface area contributed by atoms with Crippen molar-refractivity contribution in [3.63, 3.8) is 0 Å². The number of hydrogen-bond donors (Lipinski definition) is 2. The quantitative estimate of drug-likeness (QED) is 0.764. The molecule has 1 aliphatic heterocycles. The van der Waals surface area contributed by atoms with Gasteiger partial charge in [0.2, 0.25) is 5.72 Å². The number of nitrogens with zero attached hydrogens (tertiary/aromatic N) is 1. The van der Waals surface area contributed by atoms with Crippen LogP contribution in [0.1, 0.15) is 18.4 Å². The molecule has 17 heavy (non-hydrogen) atoms. The Morgan fingerprint density at radius 1 is 1.41 bits per heavy atom. The summed E-state index contributed by atoms with van der Waals surface area (Å²) in [5, 5.41) is 19.9. The van der Waals surface area contributed by atoms with E-state index in [0.29, 0.717) is 11.5 Å². The minimum atomic E-state index is -1.88. The SMILES string of the molecule is O=C(OCc1ccccc1)[C@]1(O)CCCN1O. The van der Waals surface area contributed by atoms with Crippen LogP contribution < -0.4 is 0 Å². The molecule has 0 unspecified atom stereocenters. The van der Waals surface area contributed by atoms with Crippen LogP contribution in [0, 0.1) is 0 Å². The fourth-order valence-corrected chi connectivity index (χ4v) is 1.84. The van der Waals surface area contributed by atoms with Crippen molar-refractivity contribution < 1.29 is 19.8 Å². The van der Waals surface area contributed by atoms with Crippen LogP contribution in [0.25, 0.3) is 0 Å². The first-order valence-corrected chi connectivity index (χ1v) is 5.53. The standard InChI is InChI=1S/C12H15NO4/c14-11(12(15)7-4-8-13(12)16)17-9-10-5-2-1-3-6-10/h1-3,5-6,15-16H,4,7-9H2/t12-/m1/s1. The van der Waals surface area contributed by atoms with Crippen LogP contribution in [-0.4, -0.2) is 33.6 Å². The van der Waals surface area contributed by atoms with E-state index in [1.54, 1.807) is 0 Å². The number of rotatable bonds is 3. The van der Waals surface area contributed by atoms with Crippen molar-refractivity contribution in [2.24, 2.45) is 0 Å². The first-order chi connectivity index (χ1) is 8.13. The van der Waals surface area contributed by atoms with Gasteiger partial charge in [-0.2, -0.15) is 5.06 Å². The van der Waals surface area contributed by atoms with Gasteiger partial charge >= 0.3 is 5.97 Å². The van der Waals surface area contributed by atoms with E-state index in [-0.39, 0.29) is 19.6 Å². The maximum atomic E-state index is 11.7. The van der Waals surface area contributed by atoms with Crippen molar-refractivity contribution in [2.45, 2.75) is 25.2 Å². The average molecular weight is 237 g/mol. The molecule has 1 aliphatic rings. The Balaban J connectivity index is 1.94. The highest BCUT2D eigenvalue weighted by molar-refractivity contribution is 5.78. The highest BCUT2D eigenvalue weighted by Gasteiger charge is 2.47. The fraction of sp³-hybridized carbons (Fsp3) is 0.417. The van der Waals surface area contributed by atoms with Gasteiger partial charge in [-0.25, -0.2) is 4.79 Å². The second kappa shape index (κ2) is 4.83. The van der Waals surface area contributed by atoms with E-state index < -0.39 is 11.7 Å². The topological polar surface area (TPSA) is 70.0 Å². The van der Waals surface area contributed by atoms with Crippen molar-refractivity contribution >= 4 is 5.97 Å². The molecular weight excluding hydrogens is 222 g/mol. The van der Waals surface area contributed by atoms with E-state index in [2.05, 4.69) is 0 Å². The van der Waals surface area contributed by atoms with Gasteiger partial charge in [0.1, 0.15) is 6.61 Å². The van der Waals surface area contributed by atoms with Gasteiger partial charge in [0.25, 0.3) is 0 Å². The highest BCUT2D eigenvalue weighted by Crippen LogP contribution is 2.26. The molecule has 2 N–H and O–H groups in total. The highest BCUT2D eigenvalue weighted by atomic mass is 16.6. The molecular formula is C12H15NO4. The Labute approximate surface area is 99.2 Å². The smallest absolute Gasteiger partial charge is 0.356 e. The van der Waals surface area contributed by atoms with Crippen LogP contribution in [0.3, 0.4) is 0 Å². The maximum absolute atomic E-state index is 11.7. The molecule has 1 fully saturated rings. The van der Waals surface area contributed by atoms with Crippen molar-refractivity contribution in [2.75, 3.05) is 6.54 Å². The van der Waals surface area contributed by atoms with E-state index in [4.69, 9.17) is 4.74 Å². The lowest BCUT2D eigenvalue weighted by atomic mass is 10.1. The Hall–Kier alpha value is -1.43. The monoisotopic (exact) mass is 237 g/mol. The molecule has 5 heteroatoms. The molecule has 1 heterocycles. The average Bonchev–Trinajstić information content (AvgIpc) is 2.69. The lowest BCUT2D eigenvalue weighted by molar-refractivity contribution is -0.247. The zero-order valence-corrected chi connectivity index (χ0v) is 9.37. The summed E-state index contributed by atoms with van der Waals surface area (Å²) in [5.74, 6) is -0.804. The lowest BCUT2D eigenvalue weighted by Crippen LogP contribution is -2.49. The molecule has 0 saturated carbocycles. The Bertz CT molecular complexity index is 395. The van der Waals surface area contributed by atoms with Gasteiger partial charge in [-0.3, -0.25) is 0 Å². The number of hydrogen-bond acceptors (Lipinski definition) is 5. The Morgan fingerprint density at radius 3 is 2.71 bits per heavy atom. The van der Waals surface area contributed by atoms with Gasteiger partial charge in [-0.05, 0) is 12.0 Å². The Kier molecular flexibility index (Phi) is 3.42. The van der Waals surface area contributed by atoms with Crippen LogP contribution in [-0.2, 0) is 16.1 Å². The zero-order chi connectivity index (χ0) is 12.3. The summed E-state index contributed by atoms with van der Waals surface area (Å²) in [4.78, 5) is 11.7. The summed E-state index contributed by atoms with van der Waals surface area (Å²) in [6.07, 6.45) is 0.755. The van der Waals surface area contributed by atoms with Crippen molar-refractivity contribution in [1.29, 1.82) is 0 Å². The van der Waals surface area contributed by atoms with Gasteiger partial charge in [-0.15, -0.1) is 0 Å². The van der Waals surface area contributed by atoms with Gasteiger partial charge in [0.15, 0.2) is 0 Å². The van der Waals surface area contributed by atoms with E-state index in [1.807, 2.05) is 30.3 Å². The summed E-state index contributed by atoms with van der Waals surface area (Å²) in [5.41, 5.74) is -1.04. The number of aliphatic hydroxyl groups is 1. The fourth-order valence-electron chi connectivity index (χ4n) is 1.84. The second-order valence-electron chi connectivity index (χ2n) is 4.11. The number of ether oxygens (including phenoxy) is 1. The van der Waals surface area contributed by atoms with Crippen LogP contribution >= 0.6 is 0 Å². The summed E-state index contributed by atoms with van der Waals surface area (Å²) in [7, 11) is 0.